The molecule has 8 aliphatic heterocycles. The van der Waals surface area contributed by atoms with Gasteiger partial charge >= 0.3 is 29.6 Å². The summed E-state index contributed by atoms with van der Waals surface area (Å²) in [6, 6.07) is 20.4. The van der Waals surface area contributed by atoms with Crippen LogP contribution in [0.1, 0.15) is 142 Å². The molecule has 4 N–H and O–H groups in total. The number of benzene rings is 4. The van der Waals surface area contributed by atoms with Gasteiger partial charge in [0.05, 0.1) is 0 Å². The number of piperazine rings is 2. The Balaban J connectivity index is 0.000000227. The van der Waals surface area contributed by atoms with E-state index < -0.39 is 41.8 Å². The second-order valence-electron chi connectivity index (χ2n) is 25.1. The van der Waals surface area contributed by atoms with Crippen LogP contribution in [-0.2, 0) is 73.8 Å². The van der Waals surface area contributed by atoms with Crippen molar-refractivity contribution in [3.05, 3.63) is 118 Å². The van der Waals surface area contributed by atoms with Gasteiger partial charge in [-0.25, -0.2) is 8.78 Å². The minimum absolute atomic E-state index is 0. The number of piperidine rings is 4. The SMILES string of the molecule is CC(=O)O.CC(=O)O[B-]OC(C)=O.CC=O.CCN1CCN(c2ccc(F)cc2CN2CCCC[C@@H]2COc2ccc3c(c2)CN(C2CCC(=O)NC2=O)C3=O)CC1.O=C1CCC(N2Cc3cc(OC[C@H]4CCCCN4Cc4cc(F)ccc4N4CCNCC4)ccc3C2=O)C(=O)N1.[Na+]. The number of aliphatic carboxylic acids is 1. The first-order valence-corrected chi connectivity index (χ1v) is 33.7. The van der Waals surface area contributed by atoms with Crippen LogP contribution in [0.15, 0.2) is 72.8 Å². The Hall–Kier alpha value is -7.86. The maximum Gasteiger partial charge on any atom is 1.00 e. The van der Waals surface area contributed by atoms with Crippen LogP contribution in [0.4, 0.5) is 20.2 Å². The fraction of sp³-hybridized carbons (Fsp3) is 0.514. The molecule has 0 saturated carbocycles. The summed E-state index contributed by atoms with van der Waals surface area (Å²) in [4.78, 5) is 127. The monoisotopic (exact) mass is 1380 g/mol. The second kappa shape index (κ2) is 38.6. The number of carbonyl (C=O) groups is 10. The third kappa shape index (κ3) is 22.6. The maximum atomic E-state index is 14.4. The first-order chi connectivity index (χ1) is 47.1. The number of halogens is 2. The van der Waals surface area contributed by atoms with E-state index >= 15 is 0 Å². The van der Waals surface area contributed by atoms with Crippen molar-refractivity contribution in [2.24, 2.45) is 0 Å². The molecule has 6 saturated heterocycles. The molecule has 2 unspecified atom stereocenters. The van der Waals surface area contributed by atoms with E-state index in [2.05, 4.69) is 56.7 Å². The van der Waals surface area contributed by atoms with Crippen LogP contribution in [0.25, 0.3) is 0 Å². The zero-order valence-corrected chi connectivity index (χ0v) is 59.5. The summed E-state index contributed by atoms with van der Waals surface area (Å²) >= 11 is 0. The quantitative estimate of drug-likeness (QED) is 0.0671. The molecule has 99 heavy (non-hydrogen) atoms. The van der Waals surface area contributed by atoms with E-state index in [1.54, 1.807) is 46.2 Å². The Morgan fingerprint density at radius 3 is 1.39 bits per heavy atom. The normalized spacial score (nSPS) is 20.8. The molecule has 4 atom stereocenters. The third-order valence-corrected chi connectivity index (χ3v) is 18.2. The number of fused-ring (bicyclic) bond motifs is 2. The van der Waals surface area contributed by atoms with Crippen LogP contribution in [-0.4, -0.2) is 206 Å². The minimum Gasteiger partial charge on any atom is -0.702 e. The number of ether oxygens (including phenoxy) is 2. The fourth-order valence-corrected chi connectivity index (χ4v) is 13.4. The fourth-order valence-electron chi connectivity index (χ4n) is 13.4. The van der Waals surface area contributed by atoms with Gasteiger partial charge in [-0.05, 0) is 160 Å². The van der Waals surface area contributed by atoms with Crippen molar-refractivity contribution in [1.29, 1.82) is 0 Å². The maximum absolute atomic E-state index is 14.4. The molecule has 4 aromatic carbocycles. The number of anilines is 2. The number of aldehydes is 1. The molecular weight excluding hydrogens is 1290 g/mol. The van der Waals surface area contributed by atoms with Crippen LogP contribution < -0.4 is 64.8 Å². The number of carbonyl (C=O) groups excluding carboxylic acids is 9. The van der Waals surface area contributed by atoms with E-state index in [-0.39, 0.29) is 89.7 Å². The summed E-state index contributed by atoms with van der Waals surface area (Å²) in [5, 5.41) is 15.5. The van der Waals surface area contributed by atoms with Crippen molar-refractivity contribution in [2.75, 3.05) is 95.0 Å². The molecule has 0 bridgehead atoms. The zero-order valence-electron chi connectivity index (χ0n) is 57.5. The third-order valence-electron chi connectivity index (χ3n) is 18.2. The number of carboxylic acids is 1. The molecule has 0 aromatic heterocycles. The van der Waals surface area contributed by atoms with Crippen molar-refractivity contribution in [3.8, 4) is 11.5 Å². The number of imide groups is 2. The molecule has 8 aliphatic rings. The molecule has 8 heterocycles. The second-order valence-corrected chi connectivity index (χ2v) is 25.1. The summed E-state index contributed by atoms with van der Waals surface area (Å²) in [5.74, 6) is -2.69. The van der Waals surface area contributed by atoms with Crippen LogP contribution >= 0.6 is 0 Å². The largest absolute Gasteiger partial charge is 1.00 e. The summed E-state index contributed by atoms with van der Waals surface area (Å²) < 4.78 is 49.6. The predicted octanol–water partition coefficient (Wildman–Crippen LogP) is 2.54. The van der Waals surface area contributed by atoms with Gasteiger partial charge in [0, 0.05) is 147 Å². The Morgan fingerprint density at radius 1 is 0.586 bits per heavy atom. The van der Waals surface area contributed by atoms with Crippen LogP contribution in [0.5, 0.6) is 11.5 Å². The van der Waals surface area contributed by atoms with E-state index in [4.69, 9.17) is 24.2 Å². The van der Waals surface area contributed by atoms with Gasteiger partial charge in [0.1, 0.15) is 62.4 Å². The molecule has 4 aromatic rings. The smallest absolute Gasteiger partial charge is 0.702 e. The molecular formula is C70H90BF2N10NaO15. The predicted molar refractivity (Wildman–Crippen MR) is 359 cm³/mol. The number of nitrogens with one attached hydrogen (secondary N) is 3. The molecule has 0 aliphatic carbocycles. The molecule has 6 amide bonds. The average molecular weight is 1380 g/mol. The van der Waals surface area contributed by atoms with E-state index in [0.717, 1.165) is 157 Å². The van der Waals surface area contributed by atoms with Gasteiger partial charge in [0.2, 0.25) is 23.6 Å². The number of rotatable bonds is 17. The Bertz CT molecular complexity index is 3490. The van der Waals surface area contributed by atoms with E-state index in [9.17, 15) is 47.1 Å². The van der Waals surface area contributed by atoms with E-state index in [0.29, 0.717) is 82.5 Å². The summed E-state index contributed by atoms with van der Waals surface area (Å²) in [5.41, 5.74) is 7.07. The molecule has 0 spiro atoms. The van der Waals surface area contributed by atoms with Gasteiger partial charge in [-0.1, -0.05) is 19.8 Å². The molecule has 12 rings (SSSR count). The van der Waals surface area contributed by atoms with Gasteiger partial charge in [-0.2, -0.15) is 0 Å². The van der Waals surface area contributed by atoms with Crippen LogP contribution in [0.2, 0.25) is 0 Å². The van der Waals surface area contributed by atoms with Gasteiger partial charge in [0.15, 0.2) is 0 Å². The summed E-state index contributed by atoms with van der Waals surface area (Å²) in [6.45, 7) is 20.7. The first kappa shape index (κ1) is 78.5. The Morgan fingerprint density at radius 2 is 1.00 bits per heavy atom. The van der Waals surface area contributed by atoms with Crippen molar-refractivity contribution in [1.82, 2.24) is 40.4 Å². The van der Waals surface area contributed by atoms with Gasteiger partial charge in [0.25, 0.3) is 29.7 Å². The zero-order chi connectivity index (χ0) is 70.4. The Kier molecular flexibility index (Phi) is 30.6. The molecule has 528 valence electrons. The number of carboxylic acid groups (broad SMARTS) is 1. The van der Waals surface area contributed by atoms with Crippen molar-refractivity contribution >= 4 is 78.7 Å². The van der Waals surface area contributed by atoms with Crippen molar-refractivity contribution < 1.29 is 110 Å². The number of likely N-dealkylation sites (N-methyl/N-ethyl adjacent to an activating group) is 1. The number of hydrogen-bond acceptors (Lipinski definition) is 20. The van der Waals surface area contributed by atoms with Crippen LogP contribution in [0, 0.1) is 11.6 Å². The molecule has 29 heteroatoms. The van der Waals surface area contributed by atoms with Gasteiger partial charge < -0.3 is 58.5 Å². The number of hydrogen-bond donors (Lipinski definition) is 4. The summed E-state index contributed by atoms with van der Waals surface area (Å²) in [7, 11) is 0.699. The molecule has 25 nitrogen and oxygen atoms in total. The molecule has 2 radical (unpaired) electrons. The average Bonchev–Trinajstić information content (AvgIpc) is 1.68. The standard InChI is InChI=1S/C32H40FN5O4.C30H36FN5O4.C4H6BO4.C2H4O2.C2H4O.Na/c1-2-35-13-15-36(16-14-35)28-9-6-24(33)17-23(28)19-37-12-4-3-5-25(37)21-42-26-7-8-27-22(18-26)20-38(32(27)41)29-10-11-30(39)34-31(29)40;31-22-4-7-26(34-13-10-32-11-14-34)21(15-22)17-35-12-2-1-3-23(35)19-40-24-5-6-25-20(16-24)18-36(30(25)39)27-8-9-28(37)33-29(27)38;1-3(6)8-5-9-4(2)7;1-2(3)4;1-2-3;/h6-9,17-18,25,29H,2-5,10-16,19-21H2,1H3,(H,34,39,40);4-7,15-16,23,27,32H,1-3,8-14,17-19H2,(H,33,37,38);1-2H3;1H3,(H,3,4);2H,1H3;/q;;-1;;;+1/t25-,29?;23-,27?;;;;/m11..../s1. The van der Waals surface area contributed by atoms with Crippen LogP contribution in [0.3, 0.4) is 0 Å². The summed E-state index contributed by atoms with van der Waals surface area (Å²) in [6.07, 6.45) is 8.36. The first-order valence-electron chi connectivity index (χ1n) is 33.7. The topological polar surface area (TPSA) is 287 Å². The van der Waals surface area contributed by atoms with Gasteiger partial charge in [-0.3, -0.25) is 63.6 Å². The van der Waals surface area contributed by atoms with E-state index in [1.807, 2.05) is 36.4 Å². The molecule has 6 fully saturated rings. The number of nitrogens with zero attached hydrogens (tertiary/aromatic N) is 7. The number of likely N-dealkylation sites (tertiary alicyclic amines) is 2. The van der Waals surface area contributed by atoms with E-state index in [1.165, 1.54) is 20.8 Å². The minimum atomic E-state index is -0.833. The number of amides is 6. The van der Waals surface area contributed by atoms with Crippen molar-refractivity contribution in [2.45, 2.75) is 149 Å². The Labute approximate surface area is 599 Å². The van der Waals surface area contributed by atoms with Gasteiger partial charge in [-0.15, -0.1) is 0 Å². The van der Waals surface area contributed by atoms with Crippen molar-refractivity contribution in [3.63, 3.8) is 0 Å².